The van der Waals surface area contributed by atoms with Crippen molar-refractivity contribution in [2.24, 2.45) is 0 Å². The van der Waals surface area contributed by atoms with Gasteiger partial charge in [-0.15, -0.1) is 0 Å². The fraction of sp³-hybridized carbons (Fsp3) is 0.400. The monoisotopic (exact) mass is 578 g/mol. The molecule has 0 aliphatic heterocycles. The van der Waals surface area contributed by atoms with Crippen LogP contribution in [0.15, 0.2) is 48.5 Å². The Morgan fingerprint density at radius 2 is 0.844 bits per heavy atom. The Balaban J connectivity index is 2.74. The van der Waals surface area contributed by atoms with Crippen LogP contribution in [0.1, 0.15) is 35.8 Å². The van der Waals surface area contributed by atoms with Gasteiger partial charge in [-0.1, -0.05) is 106 Å². The van der Waals surface area contributed by atoms with Crippen molar-refractivity contribution in [2.45, 2.75) is 45.7 Å². The first-order valence-corrected chi connectivity index (χ1v) is 11.1. The van der Waals surface area contributed by atoms with Gasteiger partial charge in [0.15, 0.2) is 0 Å². The summed E-state index contributed by atoms with van der Waals surface area (Å²) in [6.07, 6.45) is -12.3. The molecule has 0 saturated heterocycles. The molecule has 32 heavy (non-hydrogen) atoms. The highest BCUT2D eigenvalue weighted by Gasteiger charge is 2.57. The van der Waals surface area contributed by atoms with E-state index in [1.54, 1.807) is 0 Å². The van der Waals surface area contributed by atoms with E-state index in [4.69, 9.17) is 69.6 Å². The summed E-state index contributed by atoms with van der Waals surface area (Å²) in [6.45, 7) is 0. The van der Waals surface area contributed by atoms with Crippen molar-refractivity contribution >= 4 is 69.6 Å². The van der Waals surface area contributed by atoms with Gasteiger partial charge in [0.2, 0.25) is 8.67 Å². The van der Waals surface area contributed by atoms with E-state index in [1.165, 1.54) is 48.5 Å². The molecule has 0 N–H and O–H groups in total. The smallest absolute Gasteiger partial charge is 0.168 e. The van der Waals surface area contributed by atoms with Crippen LogP contribution in [0.5, 0.6) is 0 Å². The van der Waals surface area contributed by atoms with Gasteiger partial charge in [-0.05, 0) is 47.9 Å². The lowest BCUT2D eigenvalue weighted by Gasteiger charge is -2.37. The van der Waals surface area contributed by atoms with E-state index >= 15 is 0 Å². The topological polar surface area (TPSA) is 0 Å². The molecule has 12 heteroatoms. The summed E-state index contributed by atoms with van der Waals surface area (Å²) < 4.78 is 74.5. The predicted molar refractivity (Wildman–Crippen MR) is 119 cm³/mol. The molecule has 0 heterocycles. The predicted octanol–water partition coefficient (Wildman–Crippen LogP) is 10.1. The Hall–Kier alpha value is -0.240. The first-order chi connectivity index (χ1) is 14.5. The number of halogens is 12. The average Bonchev–Trinajstić information content (AvgIpc) is 2.64. The summed E-state index contributed by atoms with van der Waals surface area (Å²) in [5.41, 5.74) is 0.167. The Morgan fingerprint density at radius 3 is 1.09 bits per heavy atom. The highest BCUT2D eigenvalue weighted by Crippen LogP contribution is 2.55. The molecule has 2 rings (SSSR count). The molecule has 0 fully saturated rings. The van der Waals surface area contributed by atoms with Gasteiger partial charge in [0, 0.05) is 10.0 Å². The van der Waals surface area contributed by atoms with Crippen molar-refractivity contribution in [3.63, 3.8) is 0 Å². The molecule has 0 radical (unpaired) electrons. The van der Waals surface area contributed by atoms with Gasteiger partial charge in [-0.25, -0.2) is 0 Å². The maximum atomic E-state index is 13.5. The van der Waals surface area contributed by atoms with Gasteiger partial charge in [0.1, 0.15) is 0 Å². The van der Waals surface area contributed by atoms with Crippen LogP contribution in [0.25, 0.3) is 0 Å². The lowest BCUT2D eigenvalue weighted by atomic mass is 9.76. The third kappa shape index (κ3) is 6.45. The maximum Gasteiger partial charge on any atom is 0.421 e. The van der Waals surface area contributed by atoms with Crippen molar-refractivity contribution in [2.75, 3.05) is 0 Å². The molecule has 2 atom stereocenters. The SMILES string of the molecule is FC(F)(F)C(Cl)(Cl)CC(c1ccccc1Cl)C(CC(Cl)(Cl)C(F)(F)F)c1ccccc1Cl. The van der Waals surface area contributed by atoms with Gasteiger partial charge in [0.05, 0.1) is 0 Å². The molecule has 0 aliphatic rings. The Kier molecular flexibility index (Phi) is 8.90. The molecule has 0 spiro atoms. The zero-order valence-electron chi connectivity index (χ0n) is 15.7. The van der Waals surface area contributed by atoms with Crippen molar-refractivity contribution in [3.8, 4) is 0 Å². The number of hydrogen-bond acceptors (Lipinski definition) is 0. The van der Waals surface area contributed by atoms with Crippen LogP contribution < -0.4 is 0 Å². The summed E-state index contributed by atoms with van der Waals surface area (Å²) >= 11 is 34.9. The third-order valence-electron chi connectivity index (χ3n) is 4.88. The molecule has 2 aromatic carbocycles. The highest BCUT2D eigenvalue weighted by molar-refractivity contribution is 6.49. The van der Waals surface area contributed by atoms with Crippen molar-refractivity contribution in [1.29, 1.82) is 0 Å². The number of alkyl halides is 10. The second kappa shape index (κ2) is 10.2. The van der Waals surface area contributed by atoms with Gasteiger partial charge in [-0.2, -0.15) is 26.3 Å². The maximum absolute atomic E-state index is 13.5. The van der Waals surface area contributed by atoms with E-state index in [-0.39, 0.29) is 21.2 Å². The summed E-state index contributed by atoms with van der Waals surface area (Å²) in [5, 5.41) is 0.00484. The summed E-state index contributed by atoms with van der Waals surface area (Å²) in [4.78, 5) is 0. The van der Waals surface area contributed by atoms with E-state index in [0.717, 1.165) is 0 Å². The summed E-state index contributed by atoms with van der Waals surface area (Å²) in [5.74, 6) is -2.78. The first kappa shape index (κ1) is 28.0. The Labute approximate surface area is 210 Å². The van der Waals surface area contributed by atoms with E-state index in [2.05, 4.69) is 0 Å². The molecular formula is C20H14Cl6F6. The van der Waals surface area contributed by atoms with Gasteiger partial charge < -0.3 is 0 Å². The van der Waals surface area contributed by atoms with Crippen LogP contribution in [0, 0.1) is 0 Å². The normalized spacial score (nSPS) is 15.5. The largest absolute Gasteiger partial charge is 0.421 e. The fourth-order valence-corrected chi connectivity index (χ4v) is 4.49. The van der Waals surface area contributed by atoms with Gasteiger partial charge >= 0.3 is 12.4 Å². The van der Waals surface area contributed by atoms with Crippen LogP contribution in [0.4, 0.5) is 26.3 Å². The first-order valence-electron chi connectivity index (χ1n) is 8.86. The molecule has 178 valence electrons. The van der Waals surface area contributed by atoms with E-state index in [0.29, 0.717) is 0 Å². The molecule has 0 nitrogen and oxygen atoms in total. The van der Waals surface area contributed by atoms with Crippen molar-refractivity contribution < 1.29 is 26.3 Å². The van der Waals surface area contributed by atoms with Crippen LogP contribution in [0.3, 0.4) is 0 Å². The summed E-state index contributed by atoms with van der Waals surface area (Å²) in [7, 11) is 0. The van der Waals surface area contributed by atoms with Crippen molar-refractivity contribution in [3.05, 3.63) is 69.7 Å². The highest BCUT2D eigenvalue weighted by atomic mass is 35.5. The van der Waals surface area contributed by atoms with E-state index in [9.17, 15) is 26.3 Å². The molecule has 0 bridgehead atoms. The van der Waals surface area contributed by atoms with E-state index in [1.807, 2.05) is 0 Å². The van der Waals surface area contributed by atoms with Gasteiger partial charge in [-0.3, -0.25) is 0 Å². The lowest BCUT2D eigenvalue weighted by Crippen LogP contribution is -2.39. The molecule has 2 unspecified atom stereocenters. The molecule has 0 amide bonds. The minimum atomic E-state index is -5.09. The quantitative estimate of drug-likeness (QED) is 0.226. The number of benzene rings is 2. The molecule has 0 aliphatic carbocycles. The fourth-order valence-electron chi connectivity index (χ4n) is 3.27. The summed E-state index contributed by atoms with van der Waals surface area (Å²) in [6, 6.07) is 11.4. The Morgan fingerprint density at radius 1 is 0.562 bits per heavy atom. The number of hydrogen-bond donors (Lipinski definition) is 0. The molecule has 0 aromatic heterocycles. The Bertz CT molecular complexity index is 850. The van der Waals surface area contributed by atoms with Crippen LogP contribution >= 0.6 is 69.6 Å². The second-order valence-electron chi connectivity index (χ2n) is 7.07. The van der Waals surface area contributed by atoms with Crippen LogP contribution in [-0.4, -0.2) is 21.0 Å². The second-order valence-corrected chi connectivity index (χ2v) is 10.9. The average molecular weight is 581 g/mol. The molecule has 0 saturated carbocycles. The molecular weight excluding hydrogens is 567 g/mol. The minimum absolute atomic E-state index is 0.00242. The third-order valence-corrected chi connectivity index (χ3v) is 7.04. The standard InChI is InChI=1S/C20H14Cl6F6/c21-15-7-3-1-5-11(15)13(9-17(23,24)19(27,28)29)14(10-18(25,26)20(30,31)32)12-6-2-4-8-16(12)22/h1-8,13-14H,9-10H2. The van der Waals surface area contributed by atoms with Crippen LogP contribution in [-0.2, 0) is 0 Å². The zero-order valence-corrected chi connectivity index (χ0v) is 20.3. The number of rotatable bonds is 7. The van der Waals surface area contributed by atoms with Crippen molar-refractivity contribution in [1.82, 2.24) is 0 Å². The molecule has 2 aromatic rings. The zero-order chi connectivity index (χ0) is 24.5. The van der Waals surface area contributed by atoms with Crippen LogP contribution in [0.2, 0.25) is 10.0 Å². The lowest BCUT2D eigenvalue weighted by molar-refractivity contribution is -0.148. The van der Waals surface area contributed by atoms with Gasteiger partial charge in [0.25, 0.3) is 0 Å². The minimum Gasteiger partial charge on any atom is -0.168 e. The van der Waals surface area contributed by atoms with E-state index < -0.39 is 45.7 Å².